The summed E-state index contributed by atoms with van der Waals surface area (Å²) in [6, 6.07) is 6.29. The second kappa shape index (κ2) is 3.09. The van der Waals surface area contributed by atoms with Gasteiger partial charge >= 0.3 is 0 Å². The summed E-state index contributed by atoms with van der Waals surface area (Å²) in [4.78, 5) is 0. The molecule has 1 aliphatic rings. The first-order chi connectivity index (χ1) is 6.21. The van der Waals surface area contributed by atoms with Crippen LogP contribution in [0.25, 0.3) is 0 Å². The van der Waals surface area contributed by atoms with E-state index >= 15 is 0 Å². The van der Waals surface area contributed by atoms with Crippen molar-refractivity contribution in [3.05, 3.63) is 35.6 Å². The Kier molecular flexibility index (Phi) is 2.06. The number of hydrogen-bond acceptors (Lipinski definition) is 2. The Morgan fingerprint density at radius 2 is 2.00 bits per heavy atom. The minimum Gasteiger partial charge on any atom is -0.344 e. The molecule has 13 heavy (non-hydrogen) atoms. The molecule has 2 nitrogen and oxygen atoms in total. The Labute approximate surface area is 76.3 Å². The van der Waals surface area contributed by atoms with Gasteiger partial charge in [-0.15, -0.1) is 0 Å². The van der Waals surface area contributed by atoms with E-state index in [4.69, 9.17) is 9.47 Å². The van der Waals surface area contributed by atoms with Crippen LogP contribution in [0.15, 0.2) is 24.3 Å². The van der Waals surface area contributed by atoms with Gasteiger partial charge in [0.1, 0.15) is 5.82 Å². The zero-order valence-corrected chi connectivity index (χ0v) is 7.42. The van der Waals surface area contributed by atoms with Crippen molar-refractivity contribution in [2.24, 2.45) is 0 Å². The van der Waals surface area contributed by atoms with Crippen LogP contribution in [0.5, 0.6) is 0 Å². The van der Waals surface area contributed by atoms with Gasteiger partial charge in [0.25, 0.3) is 0 Å². The number of halogens is 1. The Balaban J connectivity index is 2.33. The molecule has 1 aromatic carbocycles. The predicted molar refractivity (Wildman–Crippen MR) is 45.7 cm³/mol. The maximum atomic E-state index is 12.9. The monoisotopic (exact) mass is 182 g/mol. The number of ether oxygens (including phenoxy) is 2. The van der Waals surface area contributed by atoms with Crippen LogP contribution in [0.2, 0.25) is 0 Å². The average Bonchev–Trinajstić information content (AvgIpc) is 2.54. The first-order valence-corrected chi connectivity index (χ1v) is 4.25. The van der Waals surface area contributed by atoms with E-state index in [0.717, 1.165) is 5.56 Å². The van der Waals surface area contributed by atoms with Crippen molar-refractivity contribution in [3.63, 3.8) is 0 Å². The van der Waals surface area contributed by atoms with Gasteiger partial charge in [0.2, 0.25) is 0 Å². The molecule has 2 rings (SSSR count). The Morgan fingerprint density at radius 3 is 2.62 bits per heavy atom. The van der Waals surface area contributed by atoms with Crippen molar-refractivity contribution >= 4 is 0 Å². The predicted octanol–water partition coefficient (Wildman–Crippen LogP) is 2.05. The molecule has 0 aliphatic carbocycles. The molecule has 0 unspecified atom stereocenters. The lowest BCUT2D eigenvalue weighted by Crippen LogP contribution is -2.22. The molecule has 0 amide bonds. The largest absolute Gasteiger partial charge is 0.344 e. The summed E-state index contributed by atoms with van der Waals surface area (Å²) in [6.07, 6.45) is 0. The highest BCUT2D eigenvalue weighted by molar-refractivity contribution is 5.21. The summed E-state index contributed by atoms with van der Waals surface area (Å²) in [5.74, 6) is -1.03. The molecule has 1 aliphatic heterocycles. The lowest BCUT2D eigenvalue weighted by atomic mass is 10.1. The molecular formula is C10H11FO2. The molecular weight excluding hydrogens is 171 g/mol. The van der Waals surface area contributed by atoms with Crippen LogP contribution in [0.1, 0.15) is 12.5 Å². The van der Waals surface area contributed by atoms with Crippen LogP contribution in [0.4, 0.5) is 4.39 Å². The highest BCUT2D eigenvalue weighted by atomic mass is 19.1. The van der Waals surface area contributed by atoms with Gasteiger partial charge in [0, 0.05) is 5.56 Å². The Hall–Kier alpha value is -0.930. The molecule has 0 spiro atoms. The van der Waals surface area contributed by atoms with Gasteiger partial charge in [-0.3, -0.25) is 0 Å². The normalized spacial score (nSPS) is 20.5. The molecule has 3 heteroatoms. The number of hydrogen-bond donors (Lipinski definition) is 0. The maximum absolute atomic E-state index is 12.9. The van der Waals surface area contributed by atoms with Gasteiger partial charge in [-0.05, 0) is 19.1 Å². The molecule has 1 heterocycles. The second-order valence-electron chi connectivity index (χ2n) is 3.15. The van der Waals surface area contributed by atoms with E-state index in [2.05, 4.69) is 0 Å². The molecule has 0 aromatic heterocycles. The summed E-state index contributed by atoms with van der Waals surface area (Å²) < 4.78 is 23.7. The highest BCUT2D eigenvalue weighted by Gasteiger charge is 2.33. The third-order valence-corrected chi connectivity index (χ3v) is 2.19. The standard InChI is InChI=1S/C10H11FO2/c1-10(12-5-6-13-10)8-3-2-4-9(11)7-8/h2-4,7H,5-6H2,1H3. The Bertz CT molecular complexity index is 306. The summed E-state index contributed by atoms with van der Waals surface area (Å²) in [7, 11) is 0. The highest BCUT2D eigenvalue weighted by Crippen LogP contribution is 2.30. The van der Waals surface area contributed by atoms with E-state index in [1.54, 1.807) is 19.1 Å². The third-order valence-electron chi connectivity index (χ3n) is 2.19. The van der Waals surface area contributed by atoms with Crippen molar-refractivity contribution in [3.8, 4) is 0 Å². The summed E-state index contributed by atoms with van der Waals surface area (Å²) in [5.41, 5.74) is 0.727. The first kappa shape index (κ1) is 8.66. The van der Waals surface area contributed by atoms with Gasteiger partial charge < -0.3 is 9.47 Å². The molecule has 0 radical (unpaired) electrons. The van der Waals surface area contributed by atoms with Gasteiger partial charge in [-0.25, -0.2) is 4.39 Å². The van der Waals surface area contributed by atoms with Gasteiger partial charge in [-0.2, -0.15) is 0 Å². The summed E-state index contributed by atoms with van der Waals surface area (Å²) in [6.45, 7) is 2.93. The van der Waals surface area contributed by atoms with Crippen LogP contribution >= 0.6 is 0 Å². The zero-order valence-electron chi connectivity index (χ0n) is 7.42. The first-order valence-electron chi connectivity index (χ1n) is 4.25. The molecule has 1 fully saturated rings. The molecule has 0 N–H and O–H groups in total. The summed E-state index contributed by atoms with van der Waals surface area (Å²) >= 11 is 0. The molecule has 0 saturated carbocycles. The zero-order chi connectivity index (χ0) is 9.31. The minimum atomic E-state index is -0.762. The fraction of sp³-hybridized carbons (Fsp3) is 0.400. The number of benzene rings is 1. The SMILES string of the molecule is CC1(c2cccc(F)c2)OCCO1. The summed E-state index contributed by atoms with van der Waals surface area (Å²) in [5, 5.41) is 0. The van der Waals surface area contributed by atoms with Gasteiger partial charge in [-0.1, -0.05) is 12.1 Å². The quantitative estimate of drug-likeness (QED) is 0.661. The second-order valence-corrected chi connectivity index (χ2v) is 3.15. The number of rotatable bonds is 1. The molecule has 70 valence electrons. The van der Waals surface area contributed by atoms with Crippen LogP contribution in [-0.2, 0) is 15.3 Å². The van der Waals surface area contributed by atoms with E-state index in [1.807, 2.05) is 0 Å². The van der Waals surface area contributed by atoms with Crippen molar-refractivity contribution in [1.82, 2.24) is 0 Å². The lowest BCUT2D eigenvalue weighted by molar-refractivity contribution is -0.149. The van der Waals surface area contributed by atoms with E-state index in [9.17, 15) is 4.39 Å². The maximum Gasteiger partial charge on any atom is 0.192 e. The minimum absolute atomic E-state index is 0.266. The molecule has 0 bridgehead atoms. The Morgan fingerprint density at radius 1 is 1.31 bits per heavy atom. The van der Waals surface area contributed by atoms with E-state index in [0.29, 0.717) is 13.2 Å². The van der Waals surface area contributed by atoms with Crippen molar-refractivity contribution in [1.29, 1.82) is 0 Å². The van der Waals surface area contributed by atoms with E-state index < -0.39 is 5.79 Å². The fourth-order valence-electron chi connectivity index (χ4n) is 1.45. The average molecular weight is 182 g/mol. The lowest BCUT2D eigenvalue weighted by Gasteiger charge is -2.22. The van der Waals surface area contributed by atoms with Crippen LogP contribution < -0.4 is 0 Å². The van der Waals surface area contributed by atoms with Gasteiger partial charge in [0.05, 0.1) is 13.2 Å². The van der Waals surface area contributed by atoms with E-state index in [-0.39, 0.29) is 5.82 Å². The molecule has 1 saturated heterocycles. The fourth-order valence-corrected chi connectivity index (χ4v) is 1.45. The van der Waals surface area contributed by atoms with Crippen LogP contribution in [-0.4, -0.2) is 13.2 Å². The molecule has 1 aromatic rings. The van der Waals surface area contributed by atoms with Crippen molar-refractivity contribution < 1.29 is 13.9 Å². The van der Waals surface area contributed by atoms with Gasteiger partial charge in [0.15, 0.2) is 5.79 Å². The van der Waals surface area contributed by atoms with Crippen molar-refractivity contribution in [2.45, 2.75) is 12.7 Å². The topological polar surface area (TPSA) is 18.5 Å². The van der Waals surface area contributed by atoms with Crippen LogP contribution in [0.3, 0.4) is 0 Å². The van der Waals surface area contributed by atoms with Crippen LogP contribution in [0, 0.1) is 5.82 Å². The third kappa shape index (κ3) is 1.57. The molecule has 0 atom stereocenters. The van der Waals surface area contributed by atoms with E-state index in [1.165, 1.54) is 12.1 Å². The van der Waals surface area contributed by atoms with Crippen molar-refractivity contribution in [2.75, 3.05) is 13.2 Å². The smallest absolute Gasteiger partial charge is 0.192 e.